The molecule has 0 saturated heterocycles. The number of nitrogens with zero attached hydrogens (tertiary/aromatic N) is 2. The molecule has 0 aliphatic rings. The third-order valence-corrected chi connectivity index (χ3v) is 1.49. The molecule has 12 heavy (non-hydrogen) atoms. The van der Waals surface area contributed by atoms with Crippen molar-refractivity contribution in [1.82, 2.24) is 0 Å². The molecular formula is C10H12N2. The number of benzene rings is 1. The van der Waals surface area contributed by atoms with Crippen molar-refractivity contribution < 1.29 is 0 Å². The van der Waals surface area contributed by atoms with Gasteiger partial charge in [-0.1, -0.05) is 30.4 Å². The van der Waals surface area contributed by atoms with Gasteiger partial charge >= 0.3 is 0 Å². The van der Waals surface area contributed by atoms with Crippen LogP contribution in [0.4, 0.5) is 5.69 Å². The van der Waals surface area contributed by atoms with Gasteiger partial charge in [-0.3, -0.25) is 0 Å². The molecule has 0 fully saturated rings. The van der Waals surface area contributed by atoms with Gasteiger partial charge in [-0.05, 0) is 13.0 Å². The normalized spacial score (nSPS) is 11.5. The highest BCUT2D eigenvalue weighted by molar-refractivity contribution is 5.63. The second-order valence-corrected chi connectivity index (χ2v) is 2.36. The lowest BCUT2D eigenvalue weighted by Gasteiger charge is -1.96. The summed E-state index contributed by atoms with van der Waals surface area (Å²) in [6.07, 6.45) is 4.01. The van der Waals surface area contributed by atoms with Gasteiger partial charge in [0.15, 0.2) is 0 Å². The van der Waals surface area contributed by atoms with E-state index in [0.717, 1.165) is 11.3 Å². The number of hydrogen-bond donors (Lipinski definition) is 0. The molecule has 0 atom stereocenters. The second kappa shape index (κ2) is 4.44. The van der Waals surface area contributed by atoms with Gasteiger partial charge in [0.1, 0.15) is 0 Å². The summed E-state index contributed by atoms with van der Waals surface area (Å²) in [4.78, 5) is 0. The van der Waals surface area contributed by atoms with E-state index in [-0.39, 0.29) is 0 Å². The fraction of sp³-hybridized carbons (Fsp3) is 0.200. The van der Waals surface area contributed by atoms with Gasteiger partial charge in [-0.25, -0.2) is 0 Å². The number of rotatable bonds is 2. The molecule has 0 N–H and O–H groups in total. The van der Waals surface area contributed by atoms with Gasteiger partial charge < -0.3 is 0 Å². The molecule has 0 aliphatic heterocycles. The van der Waals surface area contributed by atoms with Crippen molar-refractivity contribution in [3.05, 3.63) is 35.9 Å². The van der Waals surface area contributed by atoms with Crippen LogP contribution in [-0.2, 0) is 0 Å². The Hall–Kier alpha value is -1.44. The molecule has 0 aliphatic carbocycles. The number of azo groups is 1. The Morgan fingerprint density at radius 1 is 1.25 bits per heavy atom. The molecule has 62 valence electrons. The molecule has 0 saturated carbocycles. The summed E-state index contributed by atoms with van der Waals surface area (Å²) in [7, 11) is 1.67. The van der Waals surface area contributed by atoms with Crippen LogP contribution in [0.3, 0.4) is 0 Å². The first kappa shape index (κ1) is 8.65. The van der Waals surface area contributed by atoms with Crippen LogP contribution in [0.15, 0.2) is 40.6 Å². The summed E-state index contributed by atoms with van der Waals surface area (Å²) in [6.45, 7) is 1.99. The largest absolute Gasteiger partial charge is 0.192 e. The van der Waals surface area contributed by atoms with Crippen molar-refractivity contribution in [3.63, 3.8) is 0 Å². The minimum Gasteiger partial charge on any atom is -0.192 e. The SMILES string of the molecule is C/C=C\c1ccccc1N=NC. The Bertz CT molecular complexity index is 269. The Balaban J connectivity index is 3.08. The van der Waals surface area contributed by atoms with Crippen molar-refractivity contribution in [1.29, 1.82) is 0 Å². The third kappa shape index (κ3) is 2.02. The fourth-order valence-electron chi connectivity index (χ4n) is 1.01. The molecule has 2 nitrogen and oxygen atoms in total. The minimum atomic E-state index is 0.915. The highest BCUT2D eigenvalue weighted by atomic mass is 15.1. The molecule has 0 bridgehead atoms. The van der Waals surface area contributed by atoms with Gasteiger partial charge in [0.2, 0.25) is 0 Å². The molecule has 0 unspecified atom stereocenters. The topological polar surface area (TPSA) is 24.7 Å². The summed E-state index contributed by atoms with van der Waals surface area (Å²) in [5, 5.41) is 7.74. The van der Waals surface area contributed by atoms with E-state index in [9.17, 15) is 0 Å². The van der Waals surface area contributed by atoms with Crippen molar-refractivity contribution in [2.24, 2.45) is 10.2 Å². The van der Waals surface area contributed by atoms with Gasteiger partial charge in [0.05, 0.1) is 5.69 Å². The zero-order valence-corrected chi connectivity index (χ0v) is 7.36. The van der Waals surface area contributed by atoms with E-state index in [1.807, 2.05) is 43.3 Å². The number of hydrogen-bond acceptors (Lipinski definition) is 2. The van der Waals surface area contributed by atoms with Gasteiger partial charge in [0.25, 0.3) is 0 Å². The van der Waals surface area contributed by atoms with Crippen LogP contribution < -0.4 is 0 Å². The van der Waals surface area contributed by atoms with Crippen LogP contribution in [0.2, 0.25) is 0 Å². The molecular weight excluding hydrogens is 148 g/mol. The predicted molar refractivity (Wildman–Crippen MR) is 51.6 cm³/mol. The van der Waals surface area contributed by atoms with E-state index in [1.165, 1.54) is 0 Å². The Labute approximate surface area is 72.6 Å². The van der Waals surface area contributed by atoms with Crippen molar-refractivity contribution in [2.75, 3.05) is 7.05 Å². The maximum Gasteiger partial charge on any atom is 0.0924 e. The Morgan fingerprint density at radius 3 is 2.67 bits per heavy atom. The highest BCUT2D eigenvalue weighted by Gasteiger charge is 1.93. The van der Waals surface area contributed by atoms with Crippen LogP contribution in [0.1, 0.15) is 12.5 Å². The van der Waals surface area contributed by atoms with Gasteiger partial charge in [0, 0.05) is 12.6 Å². The van der Waals surface area contributed by atoms with Crippen molar-refractivity contribution >= 4 is 11.8 Å². The van der Waals surface area contributed by atoms with Crippen LogP contribution in [0.5, 0.6) is 0 Å². The first-order valence-corrected chi connectivity index (χ1v) is 3.90. The zero-order chi connectivity index (χ0) is 8.81. The smallest absolute Gasteiger partial charge is 0.0924 e. The van der Waals surface area contributed by atoms with Crippen LogP contribution in [-0.4, -0.2) is 7.05 Å². The maximum atomic E-state index is 4.00. The molecule has 0 radical (unpaired) electrons. The molecule has 0 spiro atoms. The average Bonchev–Trinajstić information content (AvgIpc) is 2.09. The lowest BCUT2D eigenvalue weighted by molar-refractivity contribution is 1.16. The van der Waals surface area contributed by atoms with Gasteiger partial charge in [-0.15, -0.1) is 0 Å². The quantitative estimate of drug-likeness (QED) is 0.592. The van der Waals surface area contributed by atoms with E-state index >= 15 is 0 Å². The molecule has 0 aromatic heterocycles. The highest BCUT2D eigenvalue weighted by Crippen LogP contribution is 2.19. The molecule has 0 heterocycles. The van der Waals surface area contributed by atoms with E-state index in [4.69, 9.17) is 0 Å². The first-order chi connectivity index (χ1) is 5.88. The van der Waals surface area contributed by atoms with Crippen molar-refractivity contribution in [3.8, 4) is 0 Å². The monoisotopic (exact) mass is 160 g/mol. The molecule has 1 rings (SSSR count). The van der Waals surface area contributed by atoms with E-state index in [1.54, 1.807) is 7.05 Å². The van der Waals surface area contributed by atoms with E-state index in [0.29, 0.717) is 0 Å². The summed E-state index contributed by atoms with van der Waals surface area (Å²) in [5.41, 5.74) is 2.02. The van der Waals surface area contributed by atoms with Crippen LogP contribution in [0.25, 0.3) is 6.08 Å². The molecule has 2 heteroatoms. The summed E-state index contributed by atoms with van der Waals surface area (Å²) >= 11 is 0. The van der Waals surface area contributed by atoms with Crippen LogP contribution in [0, 0.1) is 0 Å². The first-order valence-electron chi connectivity index (χ1n) is 3.90. The lowest BCUT2D eigenvalue weighted by Crippen LogP contribution is -1.71. The summed E-state index contributed by atoms with van der Waals surface area (Å²) in [5.74, 6) is 0. The zero-order valence-electron chi connectivity index (χ0n) is 7.36. The standard InChI is InChI=1S/C10H12N2/c1-3-6-9-7-4-5-8-10(9)12-11-2/h3-8H,1-2H3/b6-3-,12-11?. The van der Waals surface area contributed by atoms with Crippen LogP contribution >= 0.6 is 0 Å². The molecule has 0 amide bonds. The minimum absolute atomic E-state index is 0.915. The number of allylic oxidation sites excluding steroid dienone is 1. The van der Waals surface area contributed by atoms with Gasteiger partial charge in [-0.2, -0.15) is 10.2 Å². The molecule has 1 aromatic carbocycles. The maximum absolute atomic E-state index is 4.00. The van der Waals surface area contributed by atoms with E-state index in [2.05, 4.69) is 10.2 Å². The predicted octanol–water partition coefficient (Wildman–Crippen LogP) is 3.43. The van der Waals surface area contributed by atoms with Crippen molar-refractivity contribution in [2.45, 2.75) is 6.92 Å². The Morgan fingerprint density at radius 2 is 2.00 bits per heavy atom. The second-order valence-electron chi connectivity index (χ2n) is 2.36. The lowest BCUT2D eigenvalue weighted by atomic mass is 10.2. The fourth-order valence-corrected chi connectivity index (χ4v) is 1.01. The average molecular weight is 160 g/mol. The molecule has 1 aromatic rings. The third-order valence-electron chi connectivity index (χ3n) is 1.49. The summed E-state index contributed by atoms with van der Waals surface area (Å²) in [6, 6.07) is 7.91. The van der Waals surface area contributed by atoms with E-state index < -0.39 is 0 Å². The summed E-state index contributed by atoms with van der Waals surface area (Å²) < 4.78 is 0. The Kier molecular flexibility index (Phi) is 3.20.